The molecule has 1 unspecified atom stereocenters. The lowest BCUT2D eigenvalue weighted by Crippen LogP contribution is -2.05. The number of halogens is 3. The predicted molar refractivity (Wildman–Crippen MR) is 80.8 cm³/mol. The molecular weight excluding hydrogens is 347 g/mol. The van der Waals surface area contributed by atoms with E-state index in [-0.39, 0.29) is 12.2 Å². The minimum Gasteiger partial charge on any atom is -0.496 e. The highest BCUT2D eigenvalue weighted by atomic mass is 79.9. The van der Waals surface area contributed by atoms with Crippen molar-refractivity contribution in [1.82, 2.24) is 0 Å². The van der Waals surface area contributed by atoms with Crippen molar-refractivity contribution in [2.24, 2.45) is 0 Å². The molecule has 2 aromatic carbocycles. The Bertz CT molecular complexity index is 619. The van der Waals surface area contributed by atoms with Crippen LogP contribution in [0.15, 0.2) is 40.9 Å². The van der Waals surface area contributed by atoms with Crippen molar-refractivity contribution in [3.8, 4) is 5.75 Å². The molecule has 0 bridgehead atoms. The average Bonchev–Trinajstić information content (AvgIpc) is 2.43. The maximum atomic E-state index is 13.5. The standard InChI is InChI=1S/C15H13BrClFO2/c1-20-14-8-10(17)5-6-11(14)13(19)7-9-3-2-4-12(18)15(9)16/h2-6,8,13,19H,7H2,1H3. The third-order valence-corrected chi connectivity index (χ3v) is 4.12. The Morgan fingerprint density at radius 3 is 2.80 bits per heavy atom. The molecule has 0 aliphatic heterocycles. The topological polar surface area (TPSA) is 29.5 Å². The third kappa shape index (κ3) is 3.32. The van der Waals surface area contributed by atoms with Crippen LogP contribution in [0.4, 0.5) is 4.39 Å². The summed E-state index contributed by atoms with van der Waals surface area (Å²) in [7, 11) is 1.51. The molecule has 0 aromatic heterocycles. The Hall–Kier alpha value is -1.10. The second kappa shape index (κ2) is 6.57. The van der Waals surface area contributed by atoms with Crippen molar-refractivity contribution in [2.75, 3.05) is 7.11 Å². The second-order valence-electron chi connectivity index (χ2n) is 4.32. The van der Waals surface area contributed by atoms with Crippen LogP contribution in [0.25, 0.3) is 0 Å². The lowest BCUT2D eigenvalue weighted by Gasteiger charge is -2.16. The molecule has 0 saturated carbocycles. The Labute approximate surface area is 130 Å². The van der Waals surface area contributed by atoms with E-state index in [0.717, 1.165) is 0 Å². The quantitative estimate of drug-likeness (QED) is 0.869. The Morgan fingerprint density at radius 1 is 1.35 bits per heavy atom. The highest BCUT2D eigenvalue weighted by molar-refractivity contribution is 9.10. The van der Waals surface area contributed by atoms with E-state index in [9.17, 15) is 9.50 Å². The molecule has 0 saturated heterocycles. The van der Waals surface area contributed by atoms with Crippen molar-refractivity contribution in [3.05, 3.63) is 62.8 Å². The molecule has 0 aliphatic rings. The van der Waals surface area contributed by atoms with Gasteiger partial charge < -0.3 is 9.84 Å². The first kappa shape index (κ1) is 15.3. The van der Waals surface area contributed by atoms with Crippen LogP contribution in [-0.2, 0) is 6.42 Å². The smallest absolute Gasteiger partial charge is 0.137 e. The Balaban J connectivity index is 2.28. The number of aliphatic hydroxyl groups is 1. The fourth-order valence-corrected chi connectivity index (χ4v) is 2.57. The molecule has 0 spiro atoms. The monoisotopic (exact) mass is 358 g/mol. The normalized spacial score (nSPS) is 12.2. The molecule has 2 aromatic rings. The number of hydrogen-bond acceptors (Lipinski definition) is 2. The maximum absolute atomic E-state index is 13.5. The summed E-state index contributed by atoms with van der Waals surface area (Å²) in [5.41, 5.74) is 1.31. The second-order valence-corrected chi connectivity index (χ2v) is 5.55. The minimum atomic E-state index is -0.805. The van der Waals surface area contributed by atoms with Crippen LogP contribution < -0.4 is 4.74 Å². The maximum Gasteiger partial charge on any atom is 0.137 e. The molecule has 20 heavy (non-hydrogen) atoms. The van der Waals surface area contributed by atoms with E-state index >= 15 is 0 Å². The van der Waals surface area contributed by atoms with Crippen molar-refractivity contribution >= 4 is 27.5 Å². The van der Waals surface area contributed by atoms with Crippen LogP contribution in [0.1, 0.15) is 17.2 Å². The summed E-state index contributed by atoms with van der Waals surface area (Å²) in [6.07, 6.45) is -0.531. The molecule has 2 nitrogen and oxygen atoms in total. The largest absolute Gasteiger partial charge is 0.496 e. The van der Waals surface area contributed by atoms with E-state index < -0.39 is 6.10 Å². The fourth-order valence-electron chi connectivity index (χ4n) is 1.98. The number of benzene rings is 2. The first-order chi connectivity index (χ1) is 9.52. The Morgan fingerprint density at radius 2 is 2.10 bits per heavy atom. The van der Waals surface area contributed by atoms with Gasteiger partial charge in [0.15, 0.2) is 0 Å². The van der Waals surface area contributed by atoms with Crippen molar-refractivity contribution in [1.29, 1.82) is 0 Å². The van der Waals surface area contributed by atoms with Crippen LogP contribution in [0.3, 0.4) is 0 Å². The number of aliphatic hydroxyl groups excluding tert-OH is 1. The lowest BCUT2D eigenvalue weighted by molar-refractivity contribution is 0.173. The van der Waals surface area contributed by atoms with E-state index in [1.165, 1.54) is 13.2 Å². The van der Waals surface area contributed by atoms with E-state index in [4.69, 9.17) is 16.3 Å². The third-order valence-electron chi connectivity index (χ3n) is 3.00. The van der Waals surface area contributed by atoms with Gasteiger partial charge in [-0.05, 0) is 39.7 Å². The van der Waals surface area contributed by atoms with Crippen LogP contribution in [-0.4, -0.2) is 12.2 Å². The van der Waals surface area contributed by atoms with Gasteiger partial charge in [-0.3, -0.25) is 0 Å². The first-order valence-electron chi connectivity index (χ1n) is 5.97. The number of hydrogen-bond donors (Lipinski definition) is 1. The van der Waals surface area contributed by atoms with Crippen molar-refractivity contribution < 1.29 is 14.2 Å². The van der Waals surface area contributed by atoms with Gasteiger partial charge >= 0.3 is 0 Å². The molecule has 0 heterocycles. The summed E-state index contributed by atoms with van der Waals surface area (Å²) in [6.45, 7) is 0. The summed E-state index contributed by atoms with van der Waals surface area (Å²) in [4.78, 5) is 0. The van der Waals surface area contributed by atoms with Gasteiger partial charge in [-0.15, -0.1) is 0 Å². The summed E-state index contributed by atoms with van der Waals surface area (Å²) in [5, 5.41) is 10.9. The van der Waals surface area contributed by atoms with Gasteiger partial charge in [-0.1, -0.05) is 29.8 Å². The summed E-state index contributed by atoms with van der Waals surface area (Å²) in [6, 6.07) is 9.77. The van der Waals surface area contributed by atoms with Gasteiger partial charge in [0.25, 0.3) is 0 Å². The molecule has 0 aliphatic carbocycles. The van der Waals surface area contributed by atoms with Gasteiger partial charge in [0.1, 0.15) is 11.6 Å². The van der Waals surface area contributed by atoms with E-state index in [1.54, 1.807) is 30.3 Å². The van der Waals surface area contributed by atoms with Gasteiger partial charge in [0, 0.05) is 17.0 Å². The van der Waals surface area contributed by atoms with Crippen LogP contribution in [0.2, 0.25) is 5.02 Å². The van der Waals surface area contributed by atoms with Gasteiger partial charge in [-0.2, -0.15) is 0 Å². The van der Waals surface area contributed by atoms with Crippen LogP contribution in [0, 0.1) is 5.82 Å². The number of rotatable bonds is 4. The summed E-state index contributed by atoms with van der Waals surface area (Å²) >= 11 is 9.08. The van der Waals surface area contributed by atoms with Crippen molar-refractivity contribution in [3.63, 3.8) is 0 Å². The highest BCUT2D eigenvalue weighted by Gasteiger charge is 2.16. The molecule has 1 atom stereocenters. The molecule has 0 amide bonds. The zero-order valence-corrected chi connectivity index (χ0v) is 13.1. The average molecular weight is 360 g/mol. The molecular formula is C15H13BrClFO2. The van der Waals surface area contributed by atoms with E-state index in [2.05, 4.69) is 15.9 Å². The SMILES string of the molecule is COc1cc(Cl)ccc1C(O)Cc1cccc(F)c1Br. The Kier molecular flexibility index (Phi) is 5.02. The van der Waals surface area contributed by atoms with Crippen molar-refractivity contribution in [2.45, 2.75) is 12.5 Å². The zero-order valence-electron chi connectivity index (χ0n) is 10.7. The van der Waals surface area contributed by atoms with Gasteiger partial charge in [0.2, 0.25) is 0 Å². The first-order valence-corrected chi connectivity index (χ1v) is 7.14. The molecule has 5 heteroatoms. The van der Waals surface area contributed by atoms with Crippen LogP contribution >= 0.6 is 27.5 Å². The molecule has 106 valence electrons. The van der Waals surface area contributed by atoms with Gasteiger partial charge in [0.05, 0.1) is 17.7 Å². The molecule has 1 N–H and O–H groups in total. The lowest BCUT2D eigenvalue weighted by atomic mass is 10.0. The van der Waals surface area contributed by atoms with E-state index in [0.29, 0.717) is 26.4 Å². The summed E-state index contributed by atoms with van der Waals surface area (Å²) < 4.78 is 19.0. The number of methoxy groups -OCH3 is 1. The highest BCUT2D eigenvalue weighted by Crippen LogP contribution is 2.32. The molecule has 0 fully saturated rings. The number of ether oxygens (including phenoxy) is 1. The predicted octanol–water partition coefficient (Wildman–Crippen LogP) is 4.53. The summed E-state index contributed by atoms with van der Waals surface area (Å²) in [5.74, 6) is 0.162. The van der Waals surface area contributed by atoms with Crippen LogP contribution in [0.5, 0.6) is 5.75 Å². The fraction of sp³-hybridized carbons (Fsp3) is 0.200. The zero-order chi connectivity index (χ0) is 14.7. The minimum absolute atomic E-state index is 0.274. The molecule has 2 rings (SSSR count). The van der Waals surface area contributed by atoms with Gasteiger partial charge in [-0.25, -0.2) is 4.39 Å². The van der Waals surface area contributed by atoms with E-state index in [1.807, 2.05) is 0 Å². The molecule has 0 radical (unpaired) electrons.